The summed E-state index contributed by atoms with van der Waals surface area (Å²) in [7, 11) is 1.81. The van der Waals surface area contributed by atoms with Crippen molar-refractivity contribution in [2.24, 2.45) is 0 Å². The molecule has 20 heavy (non-hydrogen) atoms. The molecule has 2 aromatic carbocycles. The molecule has 1 aliphatic rings. The number of rotatable bonds is 1. The fraction of sp³-hybridized carbons (Fsp3) is 0.368. The Morgan fingerprint density at radius 1 is 0.800 bits per heavy atom. The Labute approximate surface area is 122 Å². The van der Waals surface area contributed by atoms with Crippen LogP contribution in [-0.4, -0.2) is 7.11 Å². The topological polar surface area (TPSA) is 9.23 Å². The molecule has 0 amide bonds. The van der Waals surface area contributed by atoms with Gasteiger partial charge in [0.15, 0.2) is 0 Å². The summed E-state index contributed by atoms with van der Waals surface area (Å²) < 4.78 is 5.71. The van der Waals surface area contributed by atoms with Gasteiger partial charge in [0.05, 0.1) is 6.10 Å². The fourth-order valence-electron chi connectivity index (χ4n) is 2.87. The van der Waals surface area contributed by atoms with Gasteiger partial charge in [0.1, 0.15) is 0 Å². The maximum absolute atomic E-state index is 5.71. The second-order valence-electron chi connectivity index (χ2n) is 4.90. The minimum atomic E-state index is 0.183. The summed E-state index contributed by atoms with van der Waals surface area (Å²) in [6.45, 7) is 4.00. The van der Waals surface area contributed by atoms with Gasteiger partial charge in [-0.05, 0) is 35.1 Å². The lowest BCUT2D eigenvalue weighted by Gasteiger charge is -2.23. The first-order valence-electron chi connectivity index (χ1n) is 7.56. The first-order chi connectivity index (χ1) is 9.88. The number of aryl methyl sites for hydroxylation is 2. The highest BCUT2D eigenvalue weighted by atomic mass is 16.5. The zero-order valence-electron chi connectivity index (χ0n) is 12.7. The van der Waals surface area contributed by atoms with Gasteiger partial charge in [-0.25, -0.2) is 0 Å². The molecule has 0 radical (unpaired) electrons. The standard InChI is InChI=1S/C17H18O.C2H6/c1-18-17-12-15-8-3-2-6-13(15)10-11-14-7-4-5-9-16(14)17;1-2/h2-9,17H,10-12H2,1H3;1-2H3. The molecule has 0 N–H and O–H groups in total. The molecule has 1 atom stereocenters. The Morgan fingerprint density at radius 3 is 2.05 bits per heavy atom. The van der Waals surface area contributed by atoms with E-state index in [2.05, 4.69) is 48.5 Å². The maximum Gasteiger partial charge on any atom is 0.0864 e. The van der Waals surface area contributed by atoms with Crippen molar-refractivity contribution in [3.8, 4) is 0 Å². The molecule has 0 saturated heterocycles. The molecular formula is C19H24O. The van der Waals surface area contributed by atoms with E-state index in [0.717, 1.165) is 19.3 Å². The minimum Gasteiger partial charge on any atom is -0.376 e. The minimum absolute atomic E-state index is 0.183. The first kappa shape index (κ1) is 14.8. The quantitative estimate of drug-likeness (QED) is 0.725. The molecule has 106 valence electrons. The van der Waals surface area contributed by atoms with Gasteiger partial charge < -0.3 is 4.74 Å². The van der Waals surface area contributed by atoms with E-state index in [1.165, 1.54) is 22.3 Å². The summed E-state index contributed by atoms with van der Waals surface area (Å²) in [5.74, 6) is 0. The molecule has 0 bridgehead atoms. The second-order valence-corrected chi connectivity index (χ2v) is 4.90. The fourth-order valence-corrected chi connectivity index (χ4v) is 2.87. The normalized spacial score (nSPS) is 16.9. The van der Waals surface area contributed by atoms with Gasteiger partial charge >= 0.3 is 0 Å². The predicted octanol–water partition coefficient (Wildman–Crippen LogP) is 4.74. The smallest absolute Gasteiger partial charge is 0.0864 e. The Morgan fingerprint density at radius 2 is 1.35 bits per heavy atom. The maximum atomic E-state index is 5.71. The third-order valence-corrected chi connectivity index (χ3v) is 3.87. The summed E-state index contributed by atoms with van der Waals surface area (Å²) in [5, 5.41) is 0. The highest BCUT2D eigenvalue weighted by Gasteiger charge is 2.19. The third-order valence-electron chi connectivity index (χ3n) is 3.87. The van der Waals surface area contributed by atoms with Crippen LogP contribution in [0.15, 0.2) is 48.5 Å². The van der Waals surface area contributed by atoms with Crippen LogP contribution in [0.3, 0.4) is 0 Å². The van der Waals surface area contributed by atoms with E-state index in [-0.39, 0.29) is 6.10 Å². The molecule has 1 heteroatoms. The summed E-state index contributed by atoms with van der Waals surface area (Å²) in [5.41, 5.74) is 5.68. The third kappa shape index (κ3) is 3.10. The van der Waals surface area contributed by atoms with E-state index in [4.69, 9.17) is 4.74 Å². The Bertz CT molecular complexity index is 545. The van der Waals surface area contributed by atoms with Crippen LogP contribution in [0.2, 0.25) is 0 Å². The van der Waals surface area contributed by atoms with E-state index >= 15 is 0 Å². The lowest BCUT2D eigenvalue weighted by molar-refractivity contribution is 0.102. The Kier molecular flexibility index (Phi) is 5.37. The van der Waals surface area contributed by atoms with E-state index in [1.807, 2.05) is 21.0 Å². The van der Waals surface area contributed by atoms with Gasteiger partial charge in [0, 0.05) is 13.5 Å². The van der Waals surface area contributed by atoms with Crippen LogP contribution in [0, 0.1) is 0 Å². The van der Waals surface area contributed by atoms with Crippen molar-refractivity contribution in [2.75, 3.05) is 7.11 Å². The molecule has 2 aromatic rings. The largest absolute Gasteiger partial charge is 0.376 e. The van der Waals surface area contributed by atoms with Crippen LogP contribution in [0.4, 0.5) is 0 Å². The van der Waals surface area contributed by atoms with Gasteiger partial charge in [0.25, 0.3) is 0 Å². The highest BCUT2D eigenvalue weighted by Crippen LogP contribution is 2.30. The average Bonchev–Trinajstić information content (AvgIpc) is 2.52. The summed E-state index contributed by atoms with van der Waals surface area (Å²) in [6, 6.07) is 17.4. The molecule has 0 aliphatic heterocycles. The van der Waals surface area contributed by atoms with Crippen molar-refractivity contribution in [2.45, 2.75) is 39.2 Å². The lowest BCUT2D eigenvalue weighted by Crippen LogP contribution is -2.13. The molecule has 1 unspecified atom stereocenters. The monoisotopic (exact) mass is 268 g/mol. The van der Waals surface area contributed by atoms with E-state index in [0.29, 0.717) is 0 Å². The highest BCUT2D eigenvalue weighted by molar-refractivity contribution is 5.37. The van der Waals surface area contributed by atoms with Crippen LogP contribution < -0.4 is 0 Å². The Balaban J connectivity index is 0.000000704. The Hall–Kier alpha value is -1.60. The second kappa shape index (κ2) is 7.25. The molecule has 0 saturated carbocycles. The van der Waals surface area contributed by atoms with E-state index < -0.39 is 0 Å². The van der Waals surface area contributed by atoms with Gasteiger partial charge in [-0.3, -0.25) is 0 Å². The lowest BCUT2D eigenvalue weighted by atomic mass is 9.87. The van der Waals surface area contributed by atoms with Gasteiger partial charge in [-0.1, -0.05) is 62.4 Å². The van der Waals surface area contributed by atoms with Crippen LogP contribution >= 0.6 is 0 Å². The van der Waals surface area contributed by atoms with Crippen molar-refractivity contribution in [1.29, 1.82) is 0 Å². The van der Waals surface area contributed by atoms with Crippen LogP contribution in [-0.2, 0) is 24.0 Å². The van der Waals surface area contributed by atoms with Gasteiger partial charge in [-0.2, -0.15) is 0 Å². The first-order valence-corrected chi connectivity index (χ1v) is 7.56. The predicted molar refractivity (Wildman–Crippen MR) is 85.1 cm³/mol. The summed E-state index contributed by atoms with van der Waals surface area (Å²) in [4.78, 5) is 0. The zero-order chi connectivity index (χ0) is 14.4. The number of methoxy groups -OCH3 is 1. The summed E-state index contributed by atoms with van der Waals surface area (Å²) >= 11 is 0. The van der Waals surface area contributed by atoms with E-state index in [1.54, 1.807) is 0 Å². The van der Waals surface area contributed by atoms with Crippen molar-refractivity contribution in [1.82, 2.24) is 0 Å². The van der Waals surface area contributed by atoms with Crippen molar-refractivity contribution in [3.63, 3.8) is 0 Å². The van der Waals surface area contributed by atoms with Gasteiger partial charge in [0.2, 0.25) is 0 Å². The molecule has 1 aliphatic carbocycles. The van der Waals surface area contributed by atoms with Crippen molar-refractivity contribution in [3.05, 3.63) is 70.8 Å². The molecule has 0 fully saturated rings. The molecule has 1 nitrogen and oxygen atoms in total. The molecular weight excluding hydrogens is 244 g/mol. The average molecular weight is 268 g/mol. The van der Waals surface area contributed by atoms with Crippen LogP contribution in [0.1, 0.15) is 42.2 Å². The summed E-state index contributed by atoms with van der Waals surface area (Å²) in [6.07, 6.45) is 3.39. The molecule has 3 rings (SSSR count). The number of hydrogen-bond acceptors (Lipinski definition) is 1. The number of benzene rings is 2. The van der Waals surface area contributed by atoms with Crippen LogP contribution in [0.25, 0.3) is 0 Å². The number of fused-ring (bicyclic) bond motifs is 2. The molecule has 0 heterocycles. The SMILES string of the molecule is CC.COC1Cc2ccccc2CCc2ccccc21. The molecule has 0 spiro atoms. The molecule has 0 aromatic heterocycles. The number of hydrogen-bond donors (Lipinski definition) is 0. The zero-order valence-corrected chi connectivity index (χ0v) is 12.7. The van der Waals surface area contributed by atoms with Crippen molar-refractivity contribution < 1.29 is 4.74 Å². The van der Waals surface area contributed by atoms with Crippen LogP contribution in [0.5, 0.6) is 0 Å². The number of ether oxygens (including phenoxy) is 1. The van der Waals surface area contributed by atoms with E-state index in [9.17, 15) is 0 Å². The van der Waals surface area contributed by atoms with Gasteiger partial charge in [-0.15, -0.1) is 0 Å². The van der Waals surface area contributed by atoms with Crippen molar-refractivity contribution >= 4 is 0 Å².